The van der Waals surface area contributed by atoms with Crippen LogP contribution in [0.5, 0.6) is 5.75 Å². The highest BCUT2D eigenvalue weighted by Gasteiger charge is 2.18. The number of benzene rings is 1. The van der Waals surface area contributed by atoms with E-state index in [0.717, 1.165) is 22.9 Å². The molecule has 5 heteroatoms. The van der Waals surface area contributed by atoms with Gasteiger partial charge in [0.2, 0.25) is 5.91 Å². The van der Waals surface area contributed by atoms with Crippen LogP contribution in [-0.4, -0.2) is 23.3 Å². The number of thioether (sulfide) groups is 1. The van der Waals surface area contributed by atoms with Gasteiger partial charge in [0, 0.05) is 11.9 Å². The molecule has 0 aliphatic rings. The van der Waals surface area contributed by atoms with Gasteiger partial charge in [-0.3, -0.25) is 4.79 Å². The van der Waals surface area contributed by atoms with Gasteiger partial charge in [0.05, 0.1) is 17.4 Å². The predicted molar refractivity (Wildman–Crippen MR) is 85.8 cm³/mol. The number of amides is 1. The molecule has 0 spiro atoms. The monoisotopic (exact) mass is 302 g/mol. The first-order chi connectivity index (χ1) is 10.2. The van der Waals surface area contributed by atoms with Crippen LogP contribution in [0.25, 0.3) is 0 Å². The number of methoxy groups -OCH3 is 1. The summed E-state index contributed by atoms with van der Waals surface area (Å²) in [7, 11) is 1.62. The zero-order valence-electron chi connectivity index (χ0n) is 12.1. The van der Waals surface area contributed by atoms with E-state index >= 15 is 0 Å². The van der Waals surface area contributed by atoms with E-state index in [9.17, 15) is 4.79 Å². The summed E-state index contributed by atoms with van der Waals surface area (Å²) in [6.45, 7) is 1.99. The van der Waals surface area contributed by atoms with Crippen LogP contribution in [0, 0.1) is 0 Å². The molecular formula is C16H18N2O2S. The van der Waals surface area contributed by atoms with Crippen LogP contribution in [0.1, 0.15) is 13.3 Å². The second-order valence-electron chi connectivity index (χ2n) is 4.40. The highest BCUT2D eigenvalue weighted by Crippen LogP contribution is 2.24. The van der Waals surface area contributed by atoms with E-state index in [1.54, 1.807) is 13.3 Å². The van der Waals surface area contributed by atoms with Crippen molar-refractivity contribution in [1.29, 1.82) is 0 Å². The lowest BCUT2D eigenvalue weighted by Gasteiger charge is -2.14. The molecule has 0 aliphatic carbocycles. The fourth-order valence-electron chi connectivity index (χ4n) is 1.78. The van der Waals surface area contributed by atoms with E-state index in [0.29, 0.717) is 0 Å². The third kappa shape index (κ3) is 4.49. The van der Waals surface area contributed by atoms with Crippen LogP contribution in [0.2, 0.25) is 0 Å². The normalized spacial score (nSPS) is 11.7. The molecule has 1 atom stereocenters. The van der Waals surface area contributed by atoms with Crippen molar-refractivity contribution in [2.24, 2.45) is 0 Å². The molecular weight excluding hydrogens is 284 g/mol. The van der Waals surface area contributed by atoms with Gasteiger partial charge in [-0.25, -0.2) is 4.98 Å². The molecule has 1 aromatic heterocycles. The molecule has 0 saturated carbocycles. The van der Waals surface area contributed by atoms with Gasteiger partial charge in [-0.2, -0.15) is 0 Å². The summed E-state index contributed by atoms with van der Waals surface area (Å²) in [5.41, 5.74) is 0.765. The largest absolute Gasteiger partial charge is 0.497 e. The summed E-state index contributed by atoms with van der Waals surface area (Å²) in [6.07, 6.45) is 2.47. The lowest BCUT2D eigenvalue weighted by Crippen LogP contribution is -2.24. The summed E-state index contributed by atoms with van der Waals surface area (Å²) in [4.78, 5) is 16.6. The number of pyridine rings is 1. The van der Waals surface area contributed by atoms with Crippen LogP contribution in [0.4, 0.5) is 5.69 Å². The van der Waals surface area contributed by atoms with E-state index in [2.05, 4.69) is 10.3 Å². The molecule has 1 aromatic carbocycles. The zero-order chi connectivity index (χ0) is 15.1. The van der Waals surface area contributed by atoms with Crippen LogP contribution in [-0.2, 0) is 4.79 Å². The second kappa shape index (κ2) is 7.69. The molecule has 0 aliphatic heterocycles. The number of carbonyl (C=O) groups excluding carboxylic acids is 1. The molecule has 1 unspecified atom stereocenters. The van der Waals surface area contributed by atoms with Crippen molar-refractivity contribution in [2.75, 3.05) is 12.4 Å². The summed E-state index contributed by atoms with van der Waals surface area (Å²) in [5, 5.41) is 3.61. The van der Waals surface area contributed by atoms with Gasteiger partial charge >= 0.3 is 0 Å². The molecule has 1 N–H and O–H groups in total. The summed E-state index contributed by atoms with van der Waals surface area (Å²) in [6, 6.07) is 13.0. The Morgan fingerprint density at radius 2 is 2.05 bits per heavy atom. The molecule has 110 valence electrons. The number of aromatic nitrogens is 1. The summed E-state index contributed by atoms with van der Waals surface area (Å²) < 4.78 is 5.10. The zero-order valence-corrected chi connectivity index (χ0v) is 12.9. The first-order valence-corrected chi connectivity index (χ1v) is 7.63. The average molecular weight is 302 g/mol. The molecule has 0 fully saturated rings. The Hall–Kier alpha value is -2.01. The topological polar surface area (TPSA) is 51.2 Å². The molecule has 1 amide bonds. The van der Waals surface area contributed by atoms with Crippen molar-refractivity contribution < 1.29 is 9.53 Å². The van der Waals surface area contributed by atoms with E-state index in [1.165, 1.54) is 11.8 Å². The maximum absolute atomic E-state index is 12.3. The van der Waals surface area contributed by atoms with Crippen molar-refractivity contribution in [2.45, 2.75) is 23.6 Å². The first-order valence-electron chi connectivity index (χ1n) is 6.75. The van der Waals surface area contributed by atoms with Crippen molar-refractivity contribution in [3.63, 3.8) is 0 Å². The second-order valence-corrected chi connectivity index (χ2v) is 5.62. The molecule has 1 heterocycles. The lowest BCUT2D eigenvalue weighted by atomic mass is 10.2. The number of ether oxygens (including phenoxy) is 1. The molecule has 0 radical (unpaired) electrons. The molecule has 0 saturated heterocycles. The highest BCUT2D eigenvalue weighted by atomic mass is 32.2. The van der Waals surface area contributed by atoms with Crippen molar-refractivity contribution in [1.82, 2.24) is 4.98 Å². The van der Waals surface area contributed by atoms with E-state index < -0.39 is 0 Å². The Morgan fingerprint density at radius 1 is 1.29 bits per heavy atom. The number of carbonyl (C=O) groups is 1. The van der Waals surface area contributed by atoms with Gasteiger partial charge < -0.3 is 10.1 Å². The number of rotatable bonds is 6. The highest BCUT2D eigenvalue weighted by molar-refractivity contribution is 8.00. The Labute approximate surface area is 128 Å². The van der Waals surface area contributed by atoms with Gasteiger partial charge in [-0.15, -0.1) is 0 Å². The van der Waals surface area contributed by atoms with Gasteiger partial charge in [0.25, 0.3) is 0 Å². The van der Waals surface area contributed by atoms with E-state index in [-0.39, 0.29) is 11.2 Å². The maximum atomic E-state index is 12.3. The van der Waals surface area contributed by atoms with Crippen molar-refractivity contribution in [3.8, 4) is 5.75 Å². The molecule has 21 heavy (non-hydrogen) atoms. The van der Waals surface area contributed by atoms with E-state index in [1.807, 2.05) is 49.4 Å². The Morgan fingerprint density at radius 3 is 2.62 bits per heavy atom. The minimum absolute atomic E-state index is 0.0154. The lowest BCUT2D eigenvalue weighted by molar-refractivity contribution is -0.115. The quantitative estimate of drug-likeness (QED) is 0.828. The van der Waals surface area contributed by atoms with Crippen LogP contribution >= 0.6 is 11.8 Å². The number of nitrogens with zero attached hydrogens (tertiary/aromatic N) is 1. The molecule has 2 aromatic rings. The van der Waals surface area contributed by atoms with Crippen LogP contribution in [0.15, 0.2) is 53.7 Å². The van der Waals surface area contributed by atoms with Crippen LogP contribution in [0.3, 0.4) is 0 Å². The number of hydrogen-bond acceptors (Lipinski definition) is 4. The predicted octanol–water partition coefficient (Wildman–Crippen LogP) is 3.60. The van der Waals surface area contributed by atoms with Crippen LogP contribution < -0.4 is 10.1 Å². The fourth-order valence-corrected chi connectivity index (χ4v) is 2.68. The number of nitrogens with one attached hydrogen (secondary N) is 1. The Kier molecular flexibility index (Phi) is 5.63. The minimum Gasteiger partial charge on any atom is -0.497 e. The average Bonchev–Trinajstić information content (AvgIpc) is 2.54. The van der Waals surface area contributed by atoms with Crippen molar-refractivity contribution in [3.05, 3.63) is 48.7 Å². The molecule has 0 bridgehead atoms. The molecule has 2 rings (SSSR count). The SMILES string of the molecule is CCC(Sc1ccccn1)C(=O)Nc1ccc(OC)cc1. The summed E-state index contributed by atoms with van der Waals surface area (Å²) >= 11 is 1.48. The summed E-state index contributed by atoms with van der Waals surface area (Å²) in [5.74, 6) is 0.751. The number of anilines is 1. The van der Waals surface area contributed by atoms with Crippen molar-refractivity contribution >= 4 is 23.4 Å². The first kappa shape index (κ1) is 15.4. The third-order valence-electron chi connectivity index (χ3n) is 2.92. The van der Waals surface area contributed by atoms with E-state index in [4.69, 9.17) is 4.74 Å². The molecule has 4 nitrogen and oxygen atoms in total. The Balaban J connectivity index is 1.99. The minimum atomic E-state index is -0.165. The standard InChI is InChI=1S/C16H18N2O2S/c1-3-14(21-15-6-4-5-11-17-15)16(19)18-12-7-9-13(20-2)10-8-12/h4-11,14H,3H2,1-2H3,(H,18,19). The van der Waals surface area contributed by atoms with Gasteiger partial charge in [0.1, 0.15) is 5.75 Å². The number of hydrogen-bond donors (Lipinski definition) is 1. The van der Waals surface area contributed by atoms with Gasteiger partial charge in [-0.1, -0.05) is 24.8 Å². The fraction of sp³-hybridized carbons (Fsp3) is 0.250. The maximum Gasteiger partial charge on any atom is 0.237 e. The smallest absolute Gasteiger partial charge is 0.237 e. The van der Waals surface area contributed by atoms with Gasteiger partial charge in [0.15, 0.2) is 0 Å². The Bertz CT molecular complexity index is 573. The third-order valence-corrected chi connectivity index (χ3v) is 4.24. The van der Waals surface area contributed by atoms with Gasteiger partial charge in [-0.05, 0) is 42.8 Å².